The second-order valence-electron chi connectivity index (χ2n) is 5.90. The number of thiazole rings is 1. The molecule has 4 heterocycles. The summed E-state index contributed by atoms with van der Waals surface area (Å²) in [4.78, 5) is 28.7. The second kappa shape index (κ2) is 7.86. The number of carbonyl (C=O) groups is 1. The van der Waals surface area contributed by atoms with Gasteiger partial charge in [-0.15, -0.1) is 34.4 Å². The molecule has 1 amide bonds. The molecule has 6 nitrogen and oxygen atoms in total. The van der Waals surface area contributed by atoms with Crippen LogP contribution in [0.2, 0.25) is 0 Å². The number of furan rings is 1. The van der Waals surface area contributed by atoms with Crippen molar-refractivity contribution < 1.29 is 9.21 Å². The third-order valence-electron chi connectivity index (χ3n) is 3.94. The average molecular weight is 429 g/mol. The Bertz CT molecular complexity index is 1130. The first kappa shape index (κ1) is 18.9. The van der Waals surface area contributed by atoms with Gasteiger partial charge in [0.05, 0.1) is 28.1 Å². The Morgan fingerprint density at radius 2 is 2.04 bits per heavy atom. The molecule has 0 atom stereocenters. The van der Waals surface area contributed by atoms with E-state index in [0.29, 0.717) is 33.0 Å². The van der Waals surface area contributed by atoms with Crippen molar-refractivity contribution in [2.45, 2.75) is 18.9 Å². The van der Waals surface area contributed by atoms with Crippen LogP contribution in [-0.4, -0.2) is 27.1 Å². The minimum atomic E-state index is -0.267. The van der Waals surface area contributed by atoms with Gasteiger partial charge in [0.2, 0.25) is 0 Å². The molecule has 28 heavy (non-hydrogen) atoms. The van der Waals surface area contributed by atoms with Crippen molar-refractivity contribution in [3.8, 4) is 22.2 Å². The molecular formula is C19H16N4O2S3. The van der Waals surface area contributed by atoms with Gasteiger partial charge in [-0.1, -0.05) is 0 Å². The van der Waals surface area contributed by atoms with Gasteiger partial charge in [-0.05, 0) is 44.4 Å². The van der Waals surface area contributed by atoms with Gasteiger partial charge in [-0.2, -0.15) is 0 Å². The summed E-state index contributed by atoms with van der Waals surface area (Å²) in [5, 5.41) is 5.97. The van der Waals surface area contributed by atoms with Gasteiger partial charge < -0.3 is 4.42 Å². The van der Waals surface area contributed by atoms with Gasteiger partial charge in [0.15, 0.2) is 16.7 Å². The summed E-state index contributed by atoms with van der Waals surface area (Å²) in [6.07, 6.45) is 3.45. The molecule has 0 aliphatic heterocycles. The molecule has 4 rings (SSSR count). The van der Waals surface area contributed by atoms with Crippen molar-refractivity contribution in [3.05, 3.63) is 52.0 Å². The van der Waals surface area contributed by atoms with Gasteiger partial charge in [0, 0.05) is 10.3 Å². The minimum Gasteiger partial charge on any atom is -0.461 e. The number of aromatic nitrogens is 3. The van der Waals surface area contributed by atoms with Crippen LogP contribution in [0.25, 0.3) is 22.2 Å². The minimum absolute atomic E-state index is 0.267. The highest BCUT2D eigenvalue weighted by molar-refractivity contribution is 7.98. The number of nitrogens with zero attached hydrogens (tertiary/aromatic N) is 3. The van der Waals surface area contributed by atoms with E-state index in [1.807, 2.05) is 17.7 Å². The van der Waals surface area contributed by atoms with Crippen LogP contribution >= 0.6 is 34.4 Å². The zero-order chi connectivity index (χ0) is 19.7. The largest absolute Gasteiger partial charge is 0.461 e. The molecule has 0 radical (unpaired) electrons. The smallest absolute Gasteiger partial charge is 0.262 e. The summed E-state index contributed by atoms with van der Waals surface area (Å²) < 4.78 is 5.37. The van der Waals surface area contributed by atoms with Crippen LogP contribution in [0.15, 0.2) is 45.4 Å². The highest BCUT2D eigenvalue weighted by atomic mass is 32.2. The molecule has 0 aliphatic rings. The zero-order valence-electron chi connectivity index (χ0n) is 15.3. The van der Waals surface area contributed by atoms with E-state index in [1.165, 1.54) is 28.0 Å². The van der Waals surface area contributed by atoms with E-state index in [9.17, 15) is 4.79 Å². The van der Waals surface area contributed by atoms with Crippen molar-refractivity contribution in [2.24, 2.45) is 0 Å². The maximum Gasteiger partial charge on any atom is 0.262 e. The molecule has 142 valence electrons. The number of thiophene rings is 1. The fourth-order valence-electron chi connectivity index (χ4n) is 2.65. The van der Waals surface area contributed by atoms with E-state index < -0.39 is 0 Å². The van der Waals surface area contributed by atoms with Crippen LogP contribution in [0.3, 0.4) is 0 Å². The maximum absolute atomic E-state index is 12.9. The fourth-order valence-corrected chi connectivity index (χ4v) is 4.88. The topological polar surface area (TPSA) is 80.9 Å². The average Bonchev–Trinajstić information content (AvgIpc) is 3.42. The Hall–Kier alpha value is -2.49. The lowest BCUT2D eigenvalue weighted by Gasteiger charge is -2.10. The van der Waals surface area contributed by atoms with Gasteiger partial charge >= 0.3 is 0 Å². The predicted molar refractivity (Wildman–Crippen MR) is 114 cm³/mol. The Morgan fingerprint density at radius 3 is 2.71 bits per heavy atom. The summed E-state index contributed by atoms with van der Waals surface area (Å²) in [5.41, 5.74) is 1.91. The number of nitrogens with one attached hydrogen (secondary N) is 1. The normalized spacial score (nSPS) is 11.0. The van der Waals surface area contributed by atoms with E-state index >= 15 is 0 Å². The molecule has 0 fully saturated rings. The molecule has 0 bridgehead atoms. The lowest BCUT2D eigenvalue weighted by atomic mass is 10.2. The first-order valence-corrected chi connectivity index (χ1v) is 11.3. The summed E-state index contributed by atoms with van der Waals surface area (Å²) in [6, 6.07) is 7.67. The highest BCUT2D eigenvalue weighted by Crippen LogP contribution is 2.31. The number of rotatable bonds is 5. The lowest BCUT2D eigenvalue weighted by Crippen LogP contribution is -2.16. The third kappa shape index (κ3) is 3.73. The van der Waals surface area contributed by atoms with Crippen LogP contribution in [0, 0.1) is 13.8 Å². The zero-order valence-corrected chi connectivity index (χ0v) is 17.8. The number of thioether (sulfide) groups is 1. The molecule has 0 aliphatic carbocycles. The number of carbonyl (C=O) groups excluding carboxylic acids is 1. The van der Waals surface area contributed by atoms with Crippen molar-refractivity contribution in [2.75, 3.05) is 11.6 Å². The first-order chi connectivity index (χ1) is 13.5. The Labute approximate surface area is 174 Å². The fraction of sp³-hybridized carbons (Fsp3) is 0.158. The molecule has 4 aromatic rings. The molecule has 1 N–H and O–H groups in total. The highest BCUT2D eigenvalue weighted by Gasteiger charge is 2.21. The second-order valence-corrected chi connectivity index (χ2v) is 8.84. The van der Waals surface area contributed by atoms with Crippen LogP contribution in [0.1, 0.15) is 20.9 Å². The van der Waals surface area contributed by atoms with Gasteiger partial charge in [-0.3, -0.25) is 10.1 Å². The number of hydrogen-bond acceptors (Lipinski definition) is 8. The number of aryl methyl sites for hydroxylation is 2. The molecule has 4 aromatic heterocycles. The SMILES string of the molecule is CSc1nc(-c2ccco2)nc(C)c1C(=O)Nc1nc(-c2ccc(C)s2)cs1. The standard InChI is InChI=1S/C19H16N4O2S3/c1-10-6-7-14(28-10)12-9-27-19(21-12)23-17(24)15-11(2)20-16(22-18(15)26-3)13-5-4-8-25-13/h4-9H,1-3H3,(H,21,23,24). The summed E-state index contributed by atoms with van der Waals surface area (Å²) in [7, 11) is 0. The third-order valence-corrected chi connectivity index (χ3v) is 6.40. The molecule has 0 aromatic carbocycles. The van der Waals surface area contributed by atoms with Crippen molar-refractivity contribution in [1.82, 2.24) is 15.0 Å². The van der Waals surface area contributed by atoms with E-state index in [0.717, 1.165) is 10.6 Å². The lowest BCUT2D eigenvalue weighted by molar-refractivity contribution is 0.102. The van der Waals surface area contributed by atoms with Crippen molar-refractivity contribution in [1.29, 1.82) is 0 Å². The van der Waals surface area contributed by atoms with Crippen molar-refractivity contribution >= 4 is 45.5 Å². The molecule has 0 spiro atoms. The Balaban J connectivity index is 1.60. The number of hydrogen-bond donors (Lipinski definition) is 1. The summed E-state index contributed by atoms with van der Waals surface area (Å²) in [6.45, 7) is 3.85. The van der Waals surface area contributed by atoms with E-state index in [1.54, 1.807) is 36.7 Å². The van der Waals surface area contributed by atoms with Gasteiger partial charge in [-0.25, -0.2) is 15.0 Å². The quantitative estimate of drug-likeness (QED) is 0.333. The van der Waals surface area contributed by atoms with Gasteiger partial charge in [0.25, 0.3) is 5.91 Å². The van der Waals surface area contributed by atoms with E-state index in [-0.39, 0.29) is 5.91 Å². The molecule has 0 saturated heterocycles. The monoisotopic (exact) mass is 428 g/mol. The Morgan fingerprint density at radius 1 is 1.18 bits per heavy atom. The summed E-state index contributed by atoms with van der Waals surface area (Å²) in [5.74, 6) is 0.769. The molecule has 0 unspecified atom stereocenters. The molecular weight excluding hydrogens is 412 g/mol. The Kier molecular flexibility index (Phi) is 5.29. The number of anilines is 1. The van der Waals surface area contributed by atoms with Crippen LogP contribution in [-0.2, 0) is 0 Å². The molecule has 9 heteroatoms. The van der Waals surface area contributed by atoms with E-state index in [2.05, 4.69) is 33.3 Å². The van der Waals surface area contributed by atoms with Crippen LogP contribution < -0.4 is 5.32 Å². The van der Waals surface area contributed by atoms with Crippen molar-refractivity contribution in [3.63, 3.8) is 0 Å². The molecule has 0 saturated carbocycles. The first-order valence-electron chi connectivity index (χ1n) is 8.35. The predicted octanol–water partition coefficient (Wildman–Crippen LogP) is 5.51. The van der Waals surface area contributed by atoms with E-state index in [4.69, 9.17) is 4.42 Å². The summed E-state index contributed by atoms with van der Waals surface area (Å²) >= 11 is 4.47. The van der Waals surface area contributed by atoms with Crippen LogP contribution in [0.4, 0.5) is 5.13 Å². The number of amides is 1. The van der Waals surface area contributed by atoms with Gasteiger partial charge in [0.1, 0.15) is 5.03 Å². The van der Waals surface area contributed by atoms with Crippen LogP contribution in [0.5, 0.6) is 0 Å². The maximum atomic E-state index is 12.9.